The second-order valence-electron chi connectivity index (χ2n) is 5.77. The first-order valence-corrected chi connectivity index (χ1v) is 7.99. The van der Waals surface area contributed by atoms with Gasteiger partial charge in [-0.05, 0) is 5.92 Å². The highest BCUT2D eigenvalue weighted by molar-refractivity contribution is 5.53. The van der Waals surface area contributed by atoms with Crippen LogP contribution in [0.25, 0.3) is 0 Å². The quantitative estimate of drug-likeness (QED) is 0.683. The van der Waals surface area contributed by atoms with E-state index in [1.54, 1.807) is 6.20 Å². The molecule has 24 heavy (non-hydrogen) atoms. The fourth-order valence-electron chi connectivity index (χ4n) is 2.32. The number of nitrogens with two attached hydrogens (primary N) is 1. The van der Waals surface area contributed by atoms with Crippen LogP contribution in [0.2, 0.25) is 0 Å². The molecule has 128 valence electrons. The number of nitrogen functional groups attached to an aromatic ring is 1. The minimum atomic E-state index is 0.259. The Bertz CT molecular complexity index is 707. The Morgan fingerprint density at radius 2 is 1.88 bits per heavy atom. The van der Waals surface area contributed by atoms with E-state index in [9.17, 15) is 0 Å². The lowest BCUT2D eigenvalue weighted by Crippen LogP contribution is -2.16. The second-order valence-corrected chi connectivity index (χ2v) is 5.77. The van der Waals surface area contributed by atoms with Crippen LogP contribution in [0.1, 0.15) is 25.3 Å². The Morgan fingerprint density at radius 1 is 1.08 bits per heavy atom. The number of ether oxygens (including phenoxy) is 2. The topological polar surface area (TPSA) is 107 Å². The van der Waals surface area contributed by atoms with Crippen LogP contribution >= 0.6 is 0 Å². The lowest BCUT2D eigenvalue weighted by molar-refractivity contribution is 0.154. The molecule has 4 N–H and O–H groups in total. The monoisotopic (exact) mass is 330 g/mol. The summed E-state index contributed by atoms with van der Waals surface area (Å²) in [5, 5.41) is 6.30. The van der Waals surface area contributed by atoms with E-state index in [1.165, 1.54) is 0 Å². The molecule has 0 aliphatic carbocycles. The molecule has 0 amide bonds. The van der Waals surface area contributed by atoms with E-state index in [0.29, 0.717) is 43.8 Å². The summed E-state index contributed by atoms with van der Waals surface area (Å²) >= 11 is 0. The molecular formula is C16H22N6O2. The molecule has 4 heterocycles. The Hall–Kier alpha value is -2.61. The molecule has 2 aromatic rings. The molecule has 2 aliphatic rings. The van der Waals surface area contributed by atoms with Crippen molar-refractivity contribution in [1.29, 1.82) is 0 Å². The fraction of sp³-hybridized carbons (Fsp3) is 0.438. The van der Waals surface area contributed by atoms with Gasteiger partial charge in [0.15, 0.2) is 11.6 Å². The van der Waals surface area contributed by atoms with E-state index in [0.717, 1.165) is 11.4 Å². The van der Waals surface area contributed by atoms with E-state index < -0.39 is 0 Å². The lowest BCUT2D eigenvalue weighted by atomic mass is 10.0. The van der Waals surface area contributed by atoms with Crippen molar-refractivity contribution in [2.75, 3.05) is 42.7 Å². The van der Waals surface area contributed by atoms with Gasteiger partial charge in [0.25, 0.3) is 0 Å². The first kappa shape index (κ1) is 16.3. The number of aromatic nitrogens is 3. The largest absolute Gasteiger partial charge is 0.451 e. The van der Waals surface area contributed by atoms with Gasteiger partial charge in [-0.15, -0.1) is 0 Å². The number of anilines is 3. The van der Waals surface area contributed by atoms with Crippen LogP contribution in [0, 0.1) is 0 Å². The first-order valence-electron chi connectivity index (χ1n) is 7.99. The van der Waals surface area contributed by atoms with Crippen molar-refractivity contribution in [2.45, 2.75) is 19.8 Å². The summed E-state index contributed by atoms with van der Waals surface area (Å²) in [5.41, 5.74) is 6.99. The van der Waals surface area contributed by atoms with Crippen LogP contribution in [0.15, 0.2) is 18.5 Å². The number of nitrogens with one attached hydrogen (secondary N) is 2. The third kappa shape index (κ3) is 3.83. The molecule has 0 saturated carbocycles. The lowest BCUT2D eigenvalue weighted by Gasteiger charge is -2.16. The van der Waals surface area contributed by atoms with E-state index >= 15 is 0 Å². The Morgan fingerprint density at radius 3 is 2.62 bits per heavy atom. The van der Waals surface area contributed by atoms with E-state index in [-0.39, 0.29) is 11.7 Å². The highest BCUT2D eigenvalue weighted by atomic mass is 16.5. The van der Waals surface area contributed by atoms with Crippen molar-refractivity contribution in [3.05, 3.63) is 24.0 Å². The fourth-order valence-corrected chi connectivity index (χ4v) is 2.32. The normalized spacial score (nSPS) is 15.0. The van der Waals surface area contributed by atoms with Crippen molar-refractivity contribution >= 4 is 17.6 Å². The predicted octanol–water partition coefficient (Wildman–Crippen LogP) is 2.22. The van der Waals surface area contributed by atoms with Gasteiger partial charge in [0.1, 0.15) is 11.6 Å². The Labute approximate surface area is 140 Å². The Kier molecular flexibility index (Phi) is 4.95. The maximum atomic E-state index is 6.00. The molecule has 0 unspecified atom stereocenters. The Balaban J connectivity index is 1.97. The number of nitrogens with zero attached hydrogens (tertiary/aromatic N) is 3. The summed E-state index contributed by atoms with van der Waals surface area (Å²) in [4.78, 5) is 12.9. The van der Waals surface area contributed by atoms with Crippen LogP contribution < -0.4 is 21.1 Å². The number of fused-ring (bicyclic) bond motifs is 8. The third-order valence-electron chi connectivity index (χ3n) is 3.60. The van der Waals surface area contributed by atoms with Crippen molar-refractivity contribution in [1.82, 2.24) is 15.0 Å². The molecule has 2 aliphatic heterocycles. The highest BCUT2D eigenvalue weighted by Crippen LogP contribution is 2.33. The van der Waals surface area contributed by atoms with Gasteiger partial charge in [0.05, 0.1) is 19.4 Å². The smallest absolute Gasteiger partial charge is 0.224 e. The average Bonchev–Trinajstić information content (AvgIpc) is 2.56. The zero-order valence-corrected chi connectivity index (χ0v) is 13.9. The van der Waals surface area contributed by atoms with Gasteiger partial charge in [-0.25, -0.2) is 9.97 Å². The highest BCUT2D eigenvalue weighted by Gasteiger charge is 2.14. The van der Waals surface area contributed by atoms with E-state index in [1.807, 2.05) is 12.3 Å². The van der Waals surface area contributed by atoms with Crippen LogP contribution in [0.5, 0.6) is 11.5 Å². The second kappa shape index (κ2) is 7.31. The van der Waals surface area contributed by atoms with E-state index in [4.69, 9.17) is 15.2 Å². The molecule has 4 bridgehead atoms. The van der Waals surface area contributed by atoms with Gasteiger partial charge < -0.3 is 25.8 Å². The third-order valence-corrected chi connectivity index (χ3v) is 3.60. The molecule has 8 heteroatoms. The molecule has 0 aromatic carbocycles. The summed E-state index contributed by atoms with van der Waals surface area (Å²) in [5.74, 6) is 2.83. The summed E-state index contributed by atoms with van der Waals surface area (Å²) < 4.78 is 11.5. The van der Waals surface area contributed by atoms with Crippen LogP contribution in [0.3, 0.4) is 0 Å². The number of rotatable bonds is 1. The zero-order valence-electron chi connectivity index (χ0n) is 13.9. The van der Waals surface area contributed by atoms with Crippen LogP contribution in [-0.2, 0) is 4.74 Å². The standard InChI is InChI=1S/C16H22N6O2/c1-10(2)11-8-20-14-7-12(11)24-13-9-21-16(22-15(13)17)19-4-6-23-5-3-18-14/h7-10H,3-6H2,1-2H3,(H,18,20)(H3,17,19,21,22). The molecule has 0 radical (unpaired) electrons. The zero-order chi connectivity index (χ0) is 16.9. The van der Waals surface area contributed by atoms with Gasteiger partial charge in [0, 0.05) is 30.9 Å². The molecule has 0 atom stereocenters. The SMILES string of the molecule is CC(C)c1cnc2cc1Oc1cnc(nc1N)NCCOCCN2. The van der Waals surface area contributed by atoms with Gasteiger partial charge in [-0.3, -0.25) is 0 Å². The van der Waals surface area contributed by atoms with Crippen molar-refractivity contribution in [2.24, 2.45) is 0 Å². The van der Waals surface area contributed by atoms with Crippen molar-refractivity contribution in [3.8, 4) is 11.5 Å². The van der Waals surface area contributed by atoms with E-state index in [2.05, 4.69) is 39.4 Å². The van der Waals surface area contributed by atoms with Crippen molar-refractivity contribution in [3.63, 3.8) is 0 Å². The molecule has 8 nitrogen and oxygen atoms in total. The van der Waals surface area contributed by atoms with Gasteiger partial charge in [0.2, 0.25) is 5.95 Å². The molecule has 0 fully saturated rings. The first-order chi connectivity index (χ1) is 11.6. The molecular weight excluding hydrogens is 308 g/mol. The summed E-state index contributed by atoms with van der Waals surface area (Å²) in [7, 11) is 0. The average molecular weight is 330 g/mol. The summed E-state index contributed by atoms with van der Waals surface area (Å²) in [6.45, 7) is 6.56. The predicted molar refractivity (Wildman–Crippen MR) is 92.6 cm³/mol. The minimum absolute atomic E-state index is 0.259. The maximum absolute atomic E-state index is 6.00. The summed E-state index contributed by atoms with van der Waals surface area (Å²) in [6.07, 6.45) is 3.39. The van der Waals surface area contributed by atoms with Gasteiger partial charge in [-0.1, -0.05) is 13.8 Å². The van der Waals surface area contributed by atoms with Gasteiger partial charge >= 0.3 is 0 Å². The number of pyridine rings is 1. The summed E-state index contributed by atoms with van der Waals surface area (Å²) in [6, 6.07) is 1.86. The molecule has 2 aromatic heterocycles. The number of hydrogen-bond acceptors (Lipinski definition) is 8. The maximum Gasteiger partial charge on any atom is 0.224 e. The number of hydrogen-bond donors (Lipinski definition) is 3. The molecule has 0 spiro atoms. The minimum Gasteiger partial charge on any atom is -0.451 e. The van der Waals surface area contributed by atoms with Crippen LogP contribution in [-0.4, -0.2) is 41.3 Å². The van der Waals surface area contributed by atoms with Gasteiger partial charge in [-0.2, -0.15) is 4.98 Å². The molecule has 4 rings (SSSR count). The molecule has 0 saturated heterocycles. The van der Waals surface area contributed by atoms with Crippen LogP contribution in [0.4, 0.5) is 17.6 Å². The van der Waals surface area contributed by atoms with Crippen molar-refractivity contribution < 1.29 is 9.47 Å².